The lowest BCUT2D eigenvalue weighted by Gasteiger charge is -2.37. The van der Waals surface area contributed by atoms with Crippen molar-refractivity contribution in [3.05, 3.63) is 34.9 Å². The van der Waals surface area contributed by atoms with Crippen molar-refractivity contribution in [2.75, 3.05) is 13.2 Å². The number of benzene rings is 1. The van der Waals surface area contributed by atoms with Gasteiger partial charge in [-0.05, 0) is 48.8 Å². The number of aryl methyl sites for hydroxylation is 2. The molecule has 0 spiro atoms. The van der Waals surface area contributed by atoms with Crippen molar-refractivity contribution in [2.24, 2.45) is 0 Å². The Balaban J connectivity index is 1.69. The summed E-state index contributed by atoms with van der Waals surface area (Å²) in [5.74, 6) is 0. The molecule has 0 atom stereocenters. The van der Waals surface area contributed by atoms with Gasteiger partial charge in [0, 0.05) is 19.1 Å². The molecule has 2 nitrogen and oxygen atoms in total. The zero-order valence-electron chi connectivity index (χ0n) is 11.1. The minimum atomic E-state index is 0.279. The summed E-state index contributed by atoms with van der Waals surface area (Å²) in [5, 5.41) is 9.20. The average Bonchev–Trinajstić information content (AvgIpc) is 2.74. The van der Waals surface area contributed by atoms with E-state index >= 15 is 0 Å². The third-order valence-electron chi connectivity index (χ3n) is 4.53. The quantitative estimate of drug-likeness (QED) is 0.861. The summed E-state index contributed by atoms with van der Waals surface area (Å²) in [7, 11) is 0. The van der Waals surface area contributed by atoms with Crippen LogP contribution in [0.5, 0.6) is 0 Å². The van der Waals surface area contributed by atoms with E-state index in [1.807, 2.05) is 0 Å². The van der Waals surface area contributed by atoms with Crippen molar-refractivity contribution in [1.82, 2.24) is 4.90 Å². The fourth-order valence-corrected chi connectivity index (χ4v) is 3.23. The highest BCUT2D eigenvalue weighted by molar-refractivity contribution is 5.35. The van der Waals surface area contributed by atoms with Crippen LogP contribution in [0.1, 0.15) is 42.4 Å². The van der Waals surface area contributed by atoms with E-state index in [0.717, 1.165) is 13.1 Å². The Hall–Kier alpha value is -0.860. The summed E-state index contributed by atoms with van der Waals surface area (Å²) in [4.78, 5) is 2.46. The topological polar surface area (TPSA) is 23.5 Å². The van der Waals surface area contributed by atoms with E-state index in [1.165, 1.54) is 44.1 Å². The number of aliphatic hydroxyl groups is 1. The molecule has 98 valence electrons. The van der Waals surface area contributed by atoms with Crippen LogP contribution in [0.3, 0.4) is 0 Å². The maximum absolute atomic E-state index is 9.20. The number of rotatable bonds is 5. The Kier molecular flexibility index (Phi) is 3.67. The van der Waals surface area contributed by atoms with Crippen molar-refractivity contribution in [1.29, 1.82) is 0 Å². The van der Waals surface area contributed by atoms with Crippen molar-refractivity contribution < 1.29 is 5.11 Å². The molecule has 1 fully saturated rings. The predicted molar refractivity (Wildman–Crippen MR) is 73.6 cm³/mol. The molecule has 0 aliphatic heterocycles. The van der Waals surface area contributed by atoms with Gasteiger partial charge in [-0.2, -0.15) is 0 Å². The summed E-state index contributed by atoms with van der Waals surface area (Å²) in [6, 6.07) is 7.71. The van der Waals surface area contributed by atoms with E-state index in [9.17, 15) is 5.11 Å². The molecular formula is C16H23NO. The smallest absolute Gasteiger partial charge is 0.0558 e. The lowest BCUT2D eigenvalue weighted by molar-refractivity contribution is 0.0945. The average molecular weight is 245 g/mol. The van der Waals surface area contributed by atoms with Gasteiger partial charge in [-0.3, -0.25) is 4.90 Å². The zero-order chi connectivity index (χ0) is 12.4. The van der Waals surface area contributed by atoms with Gasteiger partial charge < -0.3 is 5.11 Å². The third kappa shape index (κ3) is 2.45. The Morgan fingerprint density at radius 3 is 2.67 bits per heavy atom. The van der Waals surface area contributed by atoms with Gasteiger partial charge >= 0.3 is 0 Å². The summed E-state index contributed by atoms with van der Waals surface area (Å²) in [6.07, 6.45) is 7.82. The van der Waals surface area contributed by atoms with E-state index in [-0.39, 0.29) is 6.61 Å². The second kappa shape index (κ2) is 5.41. The number of hydrogen-bond acceptors (Lipinski definition) is 2. The highest BCUT2D eigenvalue weighted by Gasteiger charge is 2.24. The van der Waals surface area contributed by atoms with Gasteiger partial charge in [-0.15, -0.1) is 0 Å². The molecule has 0 bridgehead atoms. The molecule has 0 amide bonds. The van der Waals surface area contributed by atoms with Crippen LogP contribution in [0, 0.1) is 0 Å². The largest absolute Gasteiger partial charge is 0.395 e. The van der Waals surface area contributed by atoms with Gasteiger partial charge in [-0.1, -0.05) is 24.6 Å². The van der Waals surface area contributed by atoms with Crippen LogP contribution >= 0.6 is 0 Å². The zero-order valence-corrected chi connectivity index (χ0v) is 11.1. The maximum Gasteiger partial charge on any atom is 0.0558 e. The Bertz CT molecular complexity index is 412. The highest BCUT2D eigenvalue weighted by Crippen LogP contribution is 2.27. The summed E-state index contributed by atoms with van der Waals surface area (Å²) >= 11 is 0. The van der Waals surface area contributed by atoms with E-state index in [1.54, 1.807) is 11.1 Å². The van der Waals surface area contributed by atoms with Crippen LogP contribution in [-0.4, -0.2) is 29.2 Å². The third-order valence-corrected chi connectivity index (χ3v) is 4.53. The number of aliphatic hydroxyl groups excluding tert-OH is 1. The first-order valence-electron chi connectivity index (χ1n) is 7.32. The van der Waals surface area contributed by atoms with Gasteiger partial charge in [0.25, 0.3) is 0 Å². The molecule has 0 radical (unpaired) electrons. The molecule has 0 heterocycles. The van der Waals surface area contributed by atoms with Crippen LogP contribution in [0.4, 0.5) is 0 Å². The van der Waals surface area contributed by atoms with Crippen LogP contribution < -0.4 is 0 Å². The fraction of sp³-hybridized carbons (Fsp3) is 0.625. The summed E-state index contributed by atoms with van der Waals surface area (Å²) in [6.45, 7) is 2.11. The second-order valence-corrected chi connectivity index (χ2v) is 5.74. The van der Waals surface area contributed by atoms with E-state index in [2.05, 4.69) is 23.1 Å². The van der Waals surface area contributed by atoms with E-state index < -0.39 is 0 Å². The van der Waals surface area contributed by atoms with Gasteiger partial charge in [0.1, 0.15) is 0 Å². The second-order valence-electron chi connectivity index (χ2n) is 5.74. The maximum atomic E-state index is 9.20. The lowest BCUT2D eigenvalue weighted by Crippen LogP contribution is -2.41. The SMILES string of the molecule is OCCN(Cc1ccc2c(c1)CCC2)C1CCC1. The molecule has 18 heavy (non-hydrogen) atoms. The first-order valence-corrected chi connectivity index (χ1v) is 7.32. The van der Waals surface area contributed by atoms with Crippen LogP contribution in [0.25, 0.3) is 0 Å². The molecule has 1 aromatic rings. The fourth-order valence-electron chi connectivity index (χ4n) is 3.23. The Morgan fingerprint density at radius 2 is 1.94 bits per heavy atom. The predicted octanol–water partition coefficient (Wildman–Crippen LogP) is 2.52. The molecule has 2 aliphatic carbocycles. The van der Waals surface area contributed by atoms with Crippen molar-refractivity contribution >= 4 is 0 Å². The van der Waals surface area contributed by atoms with Crippen molar-refractivity contribution in [3.63, 3.8) is 0 Å². The highest BCUT2D eigenvalue weighted by atomic mass is 16.3. The van der Waals surface area contributed by atoms with Crippen LogP contribution in [0.15, 0.2) is 18.2 Å². The molecule has 3 rings (SSSR count). The minimum absolute atomic E-state index is 0.279. The normalized spacial score (nSPS) is 19.0. The number of fused-ring (bicyclic) bond motifs is 1. The molecular weight excluding hydrogens is 222 g/mol. The molecule has 1 aromatic carbocycles. The minimum Gasteiger partial charge on any atom is -0.395 e. The van der Waals surface area contributed by atoms with Gasteiger partial charge in [0.2, 0.25) is 0 Å². The van der Waals surface area contributed by atoms with E-state index in [4.69, 9.17) is 0 Å². The molecule has 1 saturated carbocycles. The van der Waals surface area contributed by atoms with Gasteiger partial charge in [0.15, 0.2) is 0 Å². The standard InChI is InChI=1S/C16H23NO/c18-10-9-17(16-5-2-6-16)12-13-7-8-14-3-1-4-15(14)11-13/h7-8,11,16,18H,1-6,9-10,12H2. The molecule has 0 aromatic heterocycles. The molecule has 0 unspecified atom stereocenters. The van der Waals surface area contributed by atoms with Crippen LogP contribution in [-0.2, 0) is 19.4 Å². The first kappa shape index (κ1) is 12.2. The summed E-state index contributed by atoms with van der Waals surface area (Å²) in [5.41, 5.74) is 4.54. The van der Waals surface area contributed by atoms with Gasteiger partial charge in [0.05, 0.1) is 6.61 Å². The van der Waals surface area contributed by atoms with Crippen LogP contribution in [0.2, 0.25) is 0 Å². The number of nitrogens with zero attached hydrogens (tertiary/aromatic N) is 1. The molecule has 1 N–H and O–H groups in total. The van der Waals surface area contributed by atoms with Crippen molar-refractivity contribution in [3.8, 4) is 0 Å². The molecule has 0 saturated heterocycles. The Labute approximate surface area is 110 Å². The monoisotopic (exact) mass is 245 g/mol. The van der Waals surface area contributed by atoms with Gasteiger partial charge in [-0.25, -0.2) is 0 Å². The van der Waals surface area contributed by atoms with Crippen molar-refractivity contribution in [2.45, 2.75) is 51.1 Å². The Morgan fingerprint density at radius 1 is 1.11 bits per heavy atom. The lowest BCUT2D eigenvalue weighted by atomic mass is 9.91. The summed E-state index contributed by atoms with van der Waals surface area (Å²) < 4.78 is 0. The molecule has 2 aliphatic rings. The molecule has 2 heteroatoms. The number of hydrogen-bond donors (Lipinski definition) is 1. The first-order chi connectivity index (χ1) is 8.86. The van der Waals surface area contributed by atoms with E-state index in [0.29, 0.717) is 6.04 Å².